The van der Waals surface area contributed by atoms with Gasteiger partial charge in [0.05, 0.1) is 23.5 Å². The van der Waals surface area contributed by atoms with Gasteiger partial charge < -0.3 is 40.7 Å². The summed E-state index contributed by atoms with van der Waals surface area (Å²) in [6, 6.07) is 40.8. The Morgan fingerprint density at radius 2 is 0.748 bits per heavy atom. The molecule has 2 fully saturated rings. The zero-order valence-electron chi connectivity index (χ0n) is 54.8. The molecule has 5 aliphatic rings. The van der Waals surface area contributed by atoms with Crippen LogP contribution in [-0.2, 0) is 45.0 Å². The van der Waals surface area contributed by atoms with Crippen molar-refractivity contribution in [1.29, 1.82) is 0 Å². The van der Waals surface area contributed by atoms with Crippen LogP contribution >= 0.6 is 11.6 Å². The predicted octanol–water partition coefficient (Wildman–Crippen LogP) is 15.4. The van der Waals surface area contributed by atoms with Crippen molar-refractivity contribution < 1.29 is 82.9 Å². The Morgan fingerprint density at radius 1 is 0.437 bits per heavy atom. The first-order valence-corrected chi connectivity index (χ1v) is 32.8. The van der Waals surface area contributed by atoms with Crippen molar-refractivity contribution >= 4 is 63.6 Å². The summed E-state index contributed by atoms with van der Waals surface area (Å²) in [5.74, 6) is -10.6. The van der Waals surface area contributed by atoms with Crippen molar-refractivity contribution in [2.75, 3.05) is 48.7 Å². The molecule has 5 heterocycles. The molecule has 5 N–H and O–H groups in total. The molecule has 0 bridgehead atoms. The first-order valence-electron chi connectivity index (χ1n) is 32.5. The maximum Gasteiger partial charge on any atom is 0.335 e. The smallest absolute Gasteiger partial charge is 0.335 e. The van der Waals surface area contributed by atoms with E-state index in [9.17, 15) is 73.4 Å². The molecule has 24 heteroatoms. The normalized spacial score (nSPS) is 18.3. The number of aromatic hydroxyl groups is 1. The second-order valence-electron chi connectivity index (χ2n) is 24.2. The summed E-state index contributed by atoms with van der Waals surface area (Å²) >= 11 is 4.71. The standard InChI is InChI=1S/C28H25F3N2O3.C23H14F3NO3.C20H12F3NO2.C5H11N.C3H3ClO/c29-20-8-4-18(5-9-20)28(22-12-13-23(30)25(31)26(22)32-27(28)35)19-6-10-21(11-7-19)36-24(34)14-17-33-15-2-1-3-16-33;1-2-19(28)30-16-9-5-14(6-10-16)23(13-3-7-15(24)8-4-13)17-11-12-18(25)20(26)21(17)27-22(23)29;21-13-5-1-11(2-6-13)20(12-3-7-14(25)8-4-12)15-9-10-16(22)17(23)18(15)24-19(20)26;1-2-4-6-5-3-1;1-2-3(4)5/h4-13H,1-3,14-17H2,(H,32,35);2-12H,1H2,(H,27,29);1-10,25H,(H,24,26);6H,1-5H2;2H,1H2. The summed E-state index contributed by atoms with van der Waals surface area (Å²) in [6.45, 7) is 11.5. The number of hydrogen-bond donors (Lipinski definition) is 5. The average Bonchev–Trinajstić information content (AvgIpc) is 1.60. The van der Waals surface area contributed by atoms with E-state index in [0.29, 0.717) is 45.7 Å². The van der Waals surface area contributed by atoms with Crippen LogP contribution in [0.2, 0.25) is 0 Å². The molecule has 5 aliphatic heterocycles. The van der Waals surface area contributed by atoms with Gasteiger partial charge in [-0.3, -0.25) is 24.0 Å². The van der Waals surface area contributed by atoms with Crippen LogP contribution < -0.4 is 30.7 Å². The number of carbonyl (C=O) groups excluding carboxylic acids is 6. The Bertz CT molecular complexity index is 4600. The van der Waals surface area contributed by atoms with Crippen LogP contribution in [0.25, 0.3) is 0 Å². The second kappa shape index (κ2) is 32.7. The van der Waals surface area contributed by atoms with E-state index in [1.807, 2.05) is 0 Å². The quantitative estimate of drug-likeness (QED) is 0.0243. The maximum absolute atomic E-state index is 14.6. The number of allylic oxidation sites excluding steroid dienone is 1. The van der Waals surface area contributed by atoms with Crippen LogP contribution in [0.5, 0.6) is 17.2 Å². The molecule has 3 unspecified atom stereocenters. The number of rotatable bonds is 13. The first kappa shape index (κ1) is 74.5. The van der Waals surface area contributed by atoms with Gasteiger partial charge in [-0.15, -0.1) is 0 Å². The van der Waals surface area contributed by atoms with E-state index in [1.165, 1.54) is 178 Å². The predicted molar refractivity (Wildman–Crippen MR) is 369 cm³/mol. The molecule has 14 nitrogen and oxygen atoms in total. The number of piperidine rings is 2. The molecular formula is C79H65ClF9N5O9. The van der Waals surface area contributed by atoms with Crippen molar-refractivity contribution in [2.45, 2.75) is 61.2 Å². The number of amides is 3. The van der Waals surface area contributed by atoms with E-state index in [1.54, 1.807) is 24.3 Å². The maximum atomic E-state index is 14.6. The third-order valence-corrected chi connectivity index (χ3v) is 18.2. The molecule has 0 aliphatic carbocycles. The van der Waals surface area contributed by atoms with Gasteiger partial charge in [-0.25, -0.2) is 44.3 Å². The molecule has 9 aromatic rings. The highest BCUT2D eigenvalue weighted by molar-refractivity contribution is 6.66. The molecule has 0 spiro atoms. The molecular weight excluding hydrogens is 1370 g/mol. The third-order valence-electron chi connectivity index (χ3n) is 18.0. The number of nitrogens with zero attached hydrogens (tertiary/aromatic N) is 1. The number of hydrogen-bond acceptors (Lipinski definition) is 11. The lowest BCUT2D eigenvalue weighted by Crippen LogP contribution is -2.37. The van der Waals surface area contributed by atoms with Gasteiger partial charge in [0.15, 0.2) is 34.9 Å². The summed E-state index contributed by atoms with van der Waals surface area (Å²) in [5.41, 5.74) is -2.33. The molecule has 3 atom stereocenters. The SMILES string of the molecule is C1CCNCC1.C=CC(=O)Cl.C=CC(=O)Oc1ccc(C2(c3ccc(F)cc3)C(=O)Nc3c2ccc(F)c3F)cc1.O=C(CCN1CCCCC1)Oc1ccc(C2(c3ccc(F)cc3)C(=O)Nc3c2ccc(F)c3F)cc1.O=C1Nc2c(ccc(F)c2F)C1(c1ccc(O)cc1)c1ccc(F)cc1. The van der Waals surface area contributed by atoms with Crippen LogP contribution in [0.15, 0.2) is 207 Å². The second-order valence-corrected chi connectivity index (χ2v) is 24.5. The van der Waals surface area contributed by atoms with E-state index in [-0.39, 0.29) is 57.6 Å². The summed E-state index contributed by atoms with van der Waals surface area (Å²) < 4.78 is 136. The summed E-state index contributed by atoms with van der Waals surface area (Å²) in [5, 5.41) is 19.6. The van der Waals surface area contributed by atoms with Crippen molar-refractivity contribution in [1.82, 2.24) is 10.2 Å². The van der Waals surface area contributed by atoms with Crippen LogP contribution in [0.1, 0.15) is 95.0 Å². The Labute approximate surface area is 590 Å². The van der Waals surface area contributed by atoms with Gasteiger partial charge in [-0.05, 0) is 194 Å². The fourth-order valence-corrected chi connectivity index (χ4v) is 13.1. The van der Waals surface area contributed by atoms with Crippen LogP contribution in [0.4, 0.5) is 56.6 Å². The summed E-state index contributed by atoms with van der Waals surface area (Å²) in [4.78, 5) is 75.2. The molecule has 2 saturated heterocycles. The fraction of sp³-hybridized carbons (Fsp3) is 0.190. The van der Waals surface area contributed by atoms with Gasteiger partial charge in [-0.2, -0.15) is 0 Å². The molecule has 0 aromatic heterocycles. The highest BCUT2D eigenvalue weighted by Gasteiger charge is 2.54. The zero-order valence-corrected chi connectivity index (χ0v) is 55.6. The Kier molecular flexibility index (Phi) is 23.6. The van der Waals surface area contributed by atoms with E-state index < -0.39 is 97.5 Å². The Hall–Kier alpha value is -11.1. The molecule has 0 radical (unpaired) electrons. The van der Waals surface area contributed by atoms with Crippen molar-refractivity contribution in [3.05, 3.63) is 310 Å². The lowest BCUT2D eigenvalue weighted by molar-refractivity contribution is -0.135. The van der Waals surface area contributed by atoms with Crippen molar-refractivity contribution in [3.8, 4) is 17.2 Å². The molecule has 14 rings (SSSR count). The zero-order chi connectivity index (χ0) is 73.8. The van der Waals surface area contributed by atoms with Gasteiger partial charge in [0.2, 0.25) is 23.0 Å². The number of phenols is 1. The Balaban J connectivity index is 0.000000156. The minimum absolute atomic E-state index is 0.00748. The van der Waals surface area contributed by atoms with Crippen molar-refractivity contribution in [3.63, 3.8) is 0 Å². The molecule has 3 amide bonds. The monoisotopic (exact) mass is 1430 g/mol. The number of anilines is 3. The largest absolute Gasteiger partial charge is 0.508 e. The van der Waals surface area contributed by atoms with E-state index in [4.69, 9.17) is 21.1 Å². The summed E-state index contributed by atoms with van der Waals surface area (Å²) in [7, 11) is 0. The number of halogens is 10. The number of esters is 2. The molecule has 103 heavy (non-hydrogen) atoms. The molecule has 530 valence electrons. The van der Waals surface area contributed by atoms with E-state index >= 15 is 0 Å². The minimum Gasteiger partial charge on any atom is -0.508 e. The van der Waals surface area contributed by atoms with Gasteiger partial charge in [0.1, 0.15) is 50.9 Å². The average molecular weight is 1430 g/mol. The number of benzene rings is 9. The summed E-state index contributed by atoms with van der Waals surface area (Å²) in [6.07, 6.45) is 10.0. The molecule has 0 saturated carbocycles. The van der Waals surface area contributed by atoms with Gasteiger partial charge in [-0.1, -0.05) is 117 Å². The fourth-order valence-electron chi connectivity index (χ4n) is 13.1. The Morgan fingerprint density at radius 3 is 1.05 bits per heavy atom. The minimum atomic E-state index is -1.56. The number of nitrogens with one attached hydrogen (secondary N) is 4. The third kappa shape index (κ3) is 15.5. The van der Waals surface area contributed by atoms with Crippen LogP contribution in [0.3, 0.4) is 0 Å². The highest BCUT2D eigenvalue weighted by atomic mass is 35.5. The van der Waals surface area contributed by atoms with Gasteiger partial charge in [0, 0.05) is 29.3 Å². The van der Waals surface area contributed by atoms with Crippen molar-refractivity contribution in [2.24, 2.45) is 0 Å². The lowest BCUT2D eigenvalue weighted by Gasteiger charge is -2.29. The number of carbonyl (C=O) groups is 6. The van der Waals surface area contributed by atoms with E-state index in [0.717, 1.165) is 56.3 Å². The van der Waals surface area contributed by atoms with E-state index in [2.05, 4.69) is 39.3 Å². The van der Waals surface area contributed by atoms with Crippen LogP contribution in [-0.4, -0.2) is 77.6 Å². The number of likely N-dealkylation sites (tertiary alicyclic amines) is 1. The molecule has 9 aromatic carbocycles. The van der Waals surface area contributed by atoms with Crippen LogP contribution in [0, 0.1) is 52.4 Å². The lowest BCUT2D eigenvalue weighted by atomic mass is 9.70. The number of phenolic OH excluding ortho intramolecular Hbond substituents is 1. The van der Waals surface area contributed by atoms with Gasteiger partial charge in [0.25, 0.3) is 0 Å². The number of ether oxygens (including phenoxy) is 2. The first-order chi connectivity index (χ1) is 49.5. The van der Waals surface area contributed by atoms with Gasteiger partial charge >= 0.3 is 11.9 Å². The topological polar surface area (TPSA) is 192 Å². The highest BCUT2D eigenvalue weighted by Crippen LogP contribution is 2.52. The number of fused-ring (bicyclic) bond motifs is 3.